The van der Waals surface area contributed by atoms with Gasteiger partial charge in [0.1, 0.15) is 6.61 Å². The summed E-state index contributed by atoms with van der Waals surface area (Å²) in [5.74, 6) is -0.457. The van der Waals surface area contributed by atoms with Crippen LogP contribution in [0.15, 0.2) is 18.2 Å². The third kappa shape index (κ3) is 4.85. The molecule has 1 aromatic rings. The molecule has 1 fully saturated rings. The fourth-order valence-corrected chi connectivity index (χ4v) is 4.62. The first-order valence-electron chi connectivity index (χ1n) is 8.47. The number of nitrogens with zero attached hydrogens (tertiary/aromatic N) is 1. The van der Waals surface area contributed by atoms with Crippen LogP contribution in [-0.2, 0) is 32.0 Å². The fraction of sp³-hybridized carbons (Fsp3) is 0.632. The molecule has 2 rings (SSSR count). The standard InChI is InChI=1S/C19H26Br2NO3/c1-18(2)8-16(9-19(3,4)22(18)24)17(23)25-12-15-7-13(10-20)5-6-14(15)11-21/h5-7,16H,8-12H2,1-4H3. The van der Waals surface area contributed by atoms with Gasteiger partial charge >= 0.3 is 5.97 Å². The number of benzene rings is 1. The van der Waals surface area contributed by atoms with Gasteiger partial charge in [0.05, 0.1) is 5.92 Å². The van der Waals surface area contributed by atoms with Gasteiger partial charge in [0.25, 0.3) is 0 Å². The van der Waals surface area contributed by atoms with Crippen LogP contribution >= 0.6 is 31.9 Å². The molecule has 0 unspecified atom stereocenters. The third-order valence-corrected chi connectivity index (χ3v) is 6.12. The van der Waals surface area contributed by atoms with E-state index in [-0.39, 0.29) is 18.5 Å². The highest BCUT2D eigenvalue weighted by atomic mass is 79.9. The summed E-state index contributed by atoms with van der Waals surface area (Å²) in [5.41, 5.74) is 2.15. The Balaban J connectivity index is 2.08. The van der Waals surface area contributed by atoms with Crippen molar-refractivity contribution in [3.63, 3.8) is 0 Å². The zero-order chi connectivity index (χ0) is 18.8. The summed E-state index contributed by atoms with van der Waals surface area (Å²) in [6, 6.07) is 6.18. The Morgan fingerprint density at radius 1 is 1.12 bits per heavy atom. The van der Waals surface area contributed by atoms with Gasteiger partial charge in [-0.05, 0) is 57.2 Å². The Kier molecular flexibility index (Phi) is 6.74. The van der Waals surface area contributed by atoms with E-state index in [9.17, 15) is 10.0 Å². The number of halogens is 2. The minimum absolute atomic E-state index is 0.209. The lowest BCUT2D eigenvalue weighted by molar-refractivity contribution is -0.293. The Morgan fingerprint density at radius 2 is 1.72 bits per heavy atom. The van der Waals surface area contributed by atoms with E-state index in [0.29, 0.717) is 12.8 Å². The number of hydrogen-bond donors (Lipinski definition) is 0. The molecule has 0 aliphatic carbocycles. The molecule has 25 heavy (non-hydrogen) atoms. The Hall–Kier alpha value is -0.430. The Bertz CT molecular complexity index is 613. The maximum Gasteiger partial charge on any atom is 0.309 e. The van der Waals surface area contributed by atoms with Gasteiger partial charge in [0.2, 0.25) is 0 Å². The summed E-state index contributed by atoms with van der Waals surface area (Å²) >= 11 is 6.94. The summed E-state index contributed by atoms with van der Waals surface area (Å²) in [6.07, 6.45) is 1.04. The van der Waals surface area contributed by atoms with Gasteiger partial charge in [0, 0.05) is 21.7 Å². The number of hydrogen-bond acceptors (Lipinski definition) is 3. The van der Waals surface area contributed by atoms with Gasteiger partial charge < -0.3 is 4.74 Å². The van der Waals surface area contributed by atoms with Crippen molar-refractivity contribution < 1.29 is 14.7 Å². The van der Waals surface area contributed by atoms with Crippen LogP contribution in [0.4, 0.5) is 0 Å². The van der Waals surface area contributed by atoms with Crippen molar-refractivity contribution in [1.29, 1.82) is 0 Å². The number of ether oxygens (including phenoxy) is 1. The smallest absolute Gasteiger partial charge is 0.309 e. The summed E-state index contributed by atoms with van der Waals surface area (Å²) in [7, 11) is 0. The average molecular weight is 476 g/mol. The van der Waals surface area contributed by atoms with Crippen LogP contribution in [0.2, 0.25) is 0 Å². The fourth-order valence-electron chi connectivity index (χ4n) is 3.72. The molecule has 0 N–H and O–H groups in total. The number of esters is 1. The molecule has 0 aromatic heterocycles. The molecule has 0 atom stereocenters. The first-order valence-corrected chi connectivity index (χ1v) is 10.7. The quantitative estimate of drug-likeness (QED) is 0.437. The molecule has 1 aliphatic rings. The number of rotatable bonds is 5. The monoisotopic (exact) mass is 474 g/mol. The molecule has 0 bridgehead atoms. The highest BCUT2D eigenvalue weighted by Crippen LogP contribution is 2.40. The maximum atomic E-state index is 12.6. The van der Waals surface area contributed by atoms with Crippen molar-refractivity contribution >= 4 is 37.8 Å². The predicted molar refractivity (Wildman–Crippen MR) is 105 cm³/mol. The normalized spacial score (nSPS) is 20.4. The van der Waals surface area contributed by atoms with Gasteiger partial charge in [-0.25, -0.2) is 0 Å². The summed E-state index contributed by atoms with van der Waals surface area (Å²) in [4.78, 5) is 12.6. The van der Waals surface area contributed by atoms with Crippen molar-refractivity contribution in [2.75, 3.05) is 0 Å². The minimum Gasteiger partial charge on any atom is -0.461 e. The molecule has 6 heteroatoms. The lowest BCUT2D eigenvalue weighted by atomic mass is 9.75. The first-order chi connectivity index (χ1) is 11.6. The molecule has 4 nitrogen and oxygen atoms in total. The lowest BCUT2D eigenvalue weighted by Crippen LogP contribution is -2.59. The molecule has 0 spiro atoms. The minimum atomic E-state index is -0.567. The predicted octanol–water partition coefficient (Wildman–Crippen LogP) is 5.13. The van der Waals surface area contributed by atoms with Crippen molar-refractivity contribution in [1.82, 2.24) is 5.06 Å². The molecule has 139 valence electrons. The molecular weight excluding hydrogens is 450 g/mol. The zero-order valence-electron chi connectivity index (χ0n) is 15.3. The molecule has 1 heterocycles. The number of hydroxylamine groups is 2. The Morgan fingerprint density at radius 3 is 2.24 bits per heavy atom. The summed E-state index contributed by atoms with van der Waals surface area (Å²) < 4.78 is 5.64. The molecule has 0 amide bonds. The topological polar surface area (TPSA) is 49.4 Å². The van der Waals surface area contributed by atoms with Crippen LogP contribution in [-0.4, -0.2) is 22.1 Å². The second kappa shape index (κ2) is 8.07. The van der Waals surface area contributed by atoms with Crippen LogP contribution in [0.3, 0.4) is 0 Å². The van der Waals surface area contributed by atoms with Gasteiger partial charge in [0.15, 0.2) is 0 Å². The molecule has 1 saturated heterocycles. The largest absolute Gasteiger partial charge is 0.461 e. The van der Waals surface area contributed by atoms with Gasteiger partial charge in [-0.15, -0.1) is 10.3 Å². The van der Waals surface area contributed by atoms with Crippen LogP contribution in [0.5, 0.6) is 0 Å². The molecule has 1 aliphatic heterocycles. The molecule has 1 radical (unpaired) electrons. The van der Waals surface area contributed by atoms with Crippen molar-refractivity contribution in [3.05, 3.63) is 34.9 Å². The van der Waals surface area contributed by atoms with E-state index in [2.05, 4.69) is 50.1 Å². The van der Waals surface area contributed by atoms with E-state index in [1.54, 1.807) is 0 Å². The van der Waals surface area contributed by atoms with Crippen molar-refractivity contribution in [3.8, 4) is 0 Å². The SMILES string of the molecule is CC1(C)CC(C(=O)OCc2cc(CBr)ccc2CBr)CC(C)(C)N1[O]. The Labute approximate surface area is 167 Å². The van der Waals surface area contributed by atoms with Crippen LogP contribution < -0.4 is 0 Å². The van der Waals surface area contributed by atoms with Crippen LogP contribution in [0.1, 0.15) is 57.2 Å². The highest BCUT2D eigenvalue weighted by Gasteiger charge is 2.48. The third-order valence-electron chi connectivity index (χ3n) is 4.86. The average Bonchev–Trinajstić information content (AvgIpc) is 2.56. The second-order valence-electron chi connectivity index (χ2n) is 8.00. The molecule has 1 aromatic carbocycles. The number of carbonyl (C=O) groups excluding carboxylic acids is 1. The highest BCUT2D eigenvalue weighted by molar-refractivity contribution is 9.08. The van der Waals surface area contributed by atoms with E-state index in [4.69, 9.17) is 4.74 Å². The lowest BCUT2D eigenvalue weighted by Gasteiger charge is -2.49. The second-order valence-corrected chi connectivity index (χ2v) is 9.12. The van der Waals surface area contributed by atoms with Crippen molar-refractivity contribution in [2.45, 2.75) is 68.9 Å². The number of piperidine rings is 1. The summed E-state index contributed by atoms with van der Waals surface area (Å²) in [6.45, 7) is 7.83. The first kappa shape index (κ1) is 20.9. The van der Waals surface area contributed by atoms with Gasteiger partial charge in [-0.3, -0.25) is 4.79 Å². The van der Waals surface area contributed by atoms with Gasteiger partial charge in [-0.2, -0.15) is 0 Å². The van der Waals surface area contributed by atoms with Gasteiger partial charge in [-0.1, -0.05) is 50.1 Å². The van der Waals surface area contributed by atoms with E-state index in [1.807, 2.05) is 27.7 Å². The zero-order valence-corrected chi connectivity index (χ0v) is 18.4. The van der Waals surface area contributed by atoms with E-state index >= 15 is 0 Å². The van der Waals surface area contributed by atoms with Crippen LogP contribution in [0, 0.1) is 5.92 Å². The molecular formula is C19H26Br2NO3. The maximum absolute atomic E-state index is 12.6. The molecule has 0 saturated carbocycles. The van der Waals surface area contributed by atoms with Crippen LogP contribution in [0.25, 0.3) is 0 Å². The van der Waals surface area contributed by atoms with E-state index in [0.717, 1.165) is 32.4 Å². The van der Waals surface area contributed by atoms with E-state index < -0.39 is 11.1 Å². The number of carbonyl (C=O) groups is 1. The van der Waals surface area contributed by atoms with Crippen molar-refractivity contribution in [2.24, 2.45) is 5.92 Å². The number of alkyl halides is 2. The summed E-state index contributed by atoms with van der Waals surface area (Å²) in [5, 5.41) is 15.0. The van der Waals surface area contributed by atoms with E-state index in [1.165, 1.54) is 0 Å².